The number of urea groups is 1. The molecule has 86 valence electrons. The highest BCUT2D eigenvalue weighted by molar-refractivity contribution is 5.90. The van der Waals surface area contributed by atoms with Crippen LogP contribution in [0.1, 0.15) is 5.56 Å². The number of benzene rings is 1. The molecule has 2 N–H and O–H groups in total. The third kappa shape index (κ3) is 3.27. The molecule has 16 heavy (non-hydrogen) atoms. The van der Waals surface area contributed by atoms with Gasteiger partial charge in [0.2, 0.25) is 0 Å². The number of carboxylic acids is 1. The molecule has 1 rings (SSSR count). The highest BCUT2D eigenvalue weighted by Crippen LogP contribution is 2.15. The highest BCUT2D eigenvalue weighted by atomic mass is 16.4. The number of carboxylic acid groups (broad SMARTS) is 1. The molecule has 0 unspecified atom stereocenters. The van der Waals surface area contributed by atoms with Gasteiger partial charge in [0, 0.05) is 19.8 Å². The summed E-state index contributed by atoms with van der Waals surface area (Å²) in [7, 11) is 3.24. The zero-order chi connectivity index (χ0) is 12.1. The van der Waals surface area contributed by atoms with Crippen molar-refractivity contribution in [2.75, 3.05) is 19.4 Å². The summed E-state index contributed by atoms with van der Waals surface area (Å²) in [6.07, 6.45) is -0.107. The van der Waals surface area contributed by atoms with Crippen molar-refractivity contribution in [3.63, 3.8) is 0 Å². The minimum absolute atomic E-state index is 0.107. The molecule has 0 aromatic heterocycles. The number of aliphatic carboxylic acids is 1. The van der Waals surface area contributed by atoms with E-state index in [1.807, 2.05) is 0 Å². The quantitative estimate of drug-likeness (QED) is 0.812. The zero-order valence-corrected chi connectivity index (χ0v) is 9.23. The van der Waals surface area contributed by atoms with E-state index in [9.17, 15) is 9.59 Å². The number of hydrogen-bond acceptors (Lipinski definition) is 2. The Labute approximate surface area is 93.7 Å². The maximum absolute atomic E-state index is 11.4. The minimum atomic E-state index is -0.924. The number of carbonyl (C=O) groups is 2. The van der Waals surface area contributed by atoms with Crippen molar-refractivity contribution in [3.05, 3.63) is 29.8 Å². The van der Waals surface area contributed by atoms with Crippen LogP contribution < -0.4 is 5.32 Å². The Bertz CT molecular complexity index is 402. The second-order valence-electron chi connectivity index (χ2n) is 3.55. The van der Waals surface area contributed by atoms with E-state index in [0.717, 1.165) is 0 Å². The largest absolute Gasteiger partial charge is 0.481 e. The Morgan fingerprint density at radius 3 is 2.50 bits per heavy atom. The van der Waals surface area contributed by atoms with Crippen LogP contribution in [0.5, 0.6) is 0 Å². The van der Waals surface area contributed by atoms with E-state index in [-0.39, 0.29) is 12.5 Å². The van der Waals surface area contributed by atoms with Crippen molar-refractivity contribution in [3.8, 4) is 0 Å². The SMILES string of the molecule is CN(C)C(=O)Nc1ccccc1CC(=O)O. The number of hydrogen-bond donors (Lipinski definition) is 2. The van der Waals surface area contributed by atoms with Crippen LogP contribution in [0.4, 0.5) is 10.5 Å². The molecule has 5 heteroatoms. The summed E-state index contributed by atoms with van der Waals surface area (Å²) < 4.78 is 0. The minimum Gasteiger partial charge on any atom is -0.481 e. The Morgan fingerprint density at radius 1 is 1.31 bits per heavy atom. The van der Waals surface area contributed by atoms with Gasteiger partial charge in [0.25, 0.3) is 0 Å². The third-order valence-corrected chi connectivity index (χ3v) is 2.01. The Kier molecular flexibility index (Phi) is 3.88. The van der Waals surface area contributed by atoms with Crippen molar-refractivity contribution >= 4 is 17.7 Å². The van der Waals surface area contributed by atoms with E-state index in [2.05, 4.69) is 5.32 Å². The fraction of sp³-hybridized carbons (Fsp3) is 0.273. The average Bonchev–Trinajstić information content (AvgIpc) is 2.20. The predicted octanol–water partition coefficient (Wildman–Crippen LogP) is 1.41. The van der Waals surface area contributed by atoms with E-state index in [1.54, 1.807) is 38.4 Å². The first kappa shape index (κ1) is 12.0. The molecule has 1 aromatic rings. The summed E-state index contributed by atoms with van der Waals surface area (Å²) in [5, 5.41) is 11.4. The van der Waals surface area contributed by atoms with E-state index < -0.39 is 5.97 Å². The van der Waals surface area contributed by atoms with Gasteiger partial charge in [-0.2, -0.15) is 0 Å². The number of carbonyl (C=O) groups excluding carboxylic acids is 1. The van der Waals surface area contributed by atoms with Crippen LogP contribution in [-0.4, -0.2) is 36.1 Å². The molecular formula is C11H14N2O3. The molecule has 0 bridgehead atoms. The molecule has 0 saturated carbocycles. The van der Waals surface area contributed by atoms with Gasteiger partial charge in [-0.1, -0.05) is 18.2 Å². The molecule has 0 fully saturated rings. The number of nitrogens with one attached hydrogen (secondary N) is 1. The fourth-order valence-corrected chi connectivity index (χ4v) is 1.19. The van der Waals surface area contributed by atoms with Gasteiger partial charge in [0.05, 0.1) is 6.42 Å². The maximum atomic E-state index is 11.4. The molecule has 0 heterocycles. The normalized spacial score (nSPS) is 9.62. The molecule has 0 aliphatic rings. The highest BCUT2D eigenvalue weighted by Gasteiger charge is 2.09. The second kappa shape index (κ2) is 5.16. The molecule has 2 amide bonds. The Balaban J connectivity index is 2.86. The van der Waals surface area contributed by atoms with E-state index in [0.29, 0.717) is 11.3 Å². The molecule has 0 saturated heterocycles. The van der Waals surface area contributed by atoms with Crippen LogP contribution in [0.3, 0.4) is 0 Å². The second-order valence-corrected chi connectivity index (χ2v) is 3.55. The van der Waals surface area contributed by atoms with Gasteiger partial charge in [-0.25, -0.2) is 4.79 Å². The predicted molar refractivity (Wildman–Crippen MR) is 60.5 cm³/mol. The molecule has 0 spiro atoms. The van der Waals surface area contributed by atoms with Crippen molar-refractivity contribution in [2.24, 2.45) is 0 Å². The van der Waals surface area contributed by atoms with Gasteiger partial charge in [-0.3, -0.25) is 4.79 Å². The Morgan fingerprint density at radius 2 is 1.94 bits per heavy atom. The van der Waals surface area contributed by atoms with Crippen LogP contribution in [0, 0.1) is 0 Å². The van der Waals surface area contributed by atoms with E-state index in [4.69, 9.17) is 5.11 Å². The first-order valence-electron chi connectivity index (χ1n) is 4.78. The number of rotatable bonds is 3. The van der Waals surface area contributed by atoms with Crippen LogP contribution >= 0.6 is 0 Å². The van der Waals surface area contributed by atoms with Gasteiger partial charge in [0.15, 0.2) is 0 Å². The number of amides is 2. The maximum Gasteiger partial charge on any atom is 0.321 e. The topological polar surface area (TPSA) is 69.6 Å². The first-order valence-corrected chi connectivity index (χ1v) is 4.78. The number of nitrogens with zero attached hydrogens (tertiary/aromatic N) is 1. The molecule has 0 aliphatic carbocycles. The smallest absolute Gasteiger partial charge is 0.321 e. The third-order valence-electron chi connectivity index (χ3n) is 2.01. The molecule has 0 atom stereocenters. The Hall–Kier alpha value is -2.04. The standard InChI is InChI=1S/C11H14N2O3/c1-13(2)11(16)12-9-6-4-3-5-8(9)7-10(14)15/h3-6H,7H2,1-2H3,(H,12,16)(H,14,15). The van der Waals surface area contributed by atoms with Crippen molar-refractivity contribution < 1.29 is 14.7 Å². The lowest BCUT2D eigenvalue weighted by atomic mass is 10.1. The van der Waals surface area contributed by atoms with Gasteiger partial charge in [-0.15, -0.1) is 0 Å². The molecular weight excluding hydrogens is 208 g/mol. The summed E-state index contributed by atoms with van der Waals surface area (Å²) in [4.78, 5) is 23.4. The van der Waals surface area contributed by atoms with Crippen LogP contribution in [0.15, 0.2) is 24.3 Å². The summed E-state index contributed by atoms with van der Waals surface area (Å²) in [6.45, 7) is 0. The van der Waals surface area contributed by atoms with Crippen molar-refractivity contribution in [1.29, 1.82) is 0 Å². The molecule has 0 radical (unpaired) electrons. The van der Waals surface area contributed by atoms with Gasteiger partial charge in [0.1, 0.15) is 0 Å². The van der Waals surface area contributed by atoms with Crippen LogP contribution in [-0.2, 0) is 11.2 Å². The lowest BCUT2D eigenvalue weighted by Gasteiger charge is -2.14. The molecule has 5 nitrogen and oxygen atoms in total. The van der Waals surface area contributed by atoms with Crippen LogP contribution in [0.25, 0.3) is 0 Å². The summed E-state index contributed by atoms with van der Waals surface area (Å²) in [5.74, 6) is -0.924. The fourth-order valence-electron chi connectivity index (χ4n) is 1.19. The summed E-state index contributed by atoms with van der Waals surface area (Å²) in [6, 6.07) is 6.57. The van der Waals surface area contributed by atoms with E-state index >= 15 is 0 Å². The van der Waals surface area contributed by atoms with Gasteiger partial charge < -0.3 is 15.3 Å². The average molecular weight is 222 g/mol. The number of anilines is 1. The lowest BCUT2D eigenvalue weighted by molar-refractivity contribution is -0.136. The zero-order valence-electron chi connectivity index (χ0n) is 9.23. The number of para-hydroxylation sites is 1. The van der Waals surface area contributed by atoms with Gasteiger partial charge >= 0.3 is 12.0 Å². The molecule has 1 aromatic carbocycles. The van der Waals surface area contributed by atoms with Crippen LogP contribution in [0.2, 0.25) is 0 Å². The van der Waals surface area contributed by atoms with Crippen molar-refractivity contribution in [2.45, 2.75) is 6.42 Å². The van der Waals surface area contributed by atoms with Gasteiger partial charge in [-0.05, 0) is 11.6 Å². The summed E-state index contributed by atoms with van der Waals surface area (Å²) >= 11 is 0. The summed E-state index contributed by atoms with van der Waals surface area (Å²) in [5.41, 5.74) is 1.12. The monoisotopic (exact) mass is 222 g/mol. The lowest BCUT2D eigenvalue weighted by Crippen LogP contribution is -2.27. The van der Waals surface area contributed by atoms with E-state index in [1.165, 1.54) is 4.90 Å². The first-order chi connectivity index (χ1) is 7.50. The molecule has 0 aliphatic heterocycles. The van der Waals surface area contributed by atoms with Crippen molar-refractivity contribution in [1.82, 2.24) is 4.90 Å².